The molecule has 0 saturated heterocycles. The number of allylic oxidation sites excluding steroid dienone is 4. The molecule has 0 fully saturated rings. The highest BCUT2D eigenvalue weighted by atomic mass is 14.8. The van der Waals surface area contributed by atoms with E-state index in [1.807, 2.05) is 12.4 Å². The van der Waals surface area contributed by atoms with Crippen LogP contribution in [0, 0.1) is 6.92 Å². The maximum Gasteiger partial charge on any atom is 0.0893 e. The number of nitrogens with zero attached hydrogens (tertiary/aromatic N) is 4. The van der Waals surface area contributed by atoms with Gasteiger partial charge in [-0.05, 0) is 108 Å². The Morgan fingerprint density at radius 2 is 1.18 bits per heavy atom. The quantitative estimate of drug-likeness (QED) is 0.290. The van der Waals surface area contributed by atoms with Gasteiger partial charge < -0.3 is 4.98 Å². The number of hydrogen-bond donors (Lipinski definition) is 1. The van der Waals surface area contributed by atoms with Crippen LogP contribution in [-0.4, -0.2) is 24.9 Å². The van der Waals surface area contributed by atoms with Crippen LogP contribution in [0.3, 0.4) is 0 Å². The number of fused-ring (bicyclic) bond motifs is 8. The van der Waals surface area contributed by atoms with Gasteiger partial charge in [0.25, 0.3) is 0 Å². The molecule has 4 heterocycles. The van der Waals surface area contributed by atoms with Crippen LogP contribution in [0.4, 0.5) is 0 Å². The van der Waals surface area contributed by atoms with Crippen molar-refractivity contribution in [3.8, 4) is 0 Å². The Balaban J connectivity index is 1.77. The Bertz CT molecular complexity index is 1940. The molecule has 0 aliphatic carbocycles. The molecule has 5 nitrogen and oxygen atoms in total. The molecule has 0 spiro atoms. The van der Waals surface area contributed by atoms with E-state index in [1.165, 1.54) is 27.8 Å². The second-order valence-corrected chi connectivity index (χ2v) is 10.6. The molecular weight excluding hydrogens is 490 g/mol. The maximum atomic E-state index is 5.13. The summed E-state index contributed by atoms with van der Waals surface area (Å²) in [6.07, 6.45) is 6.57. The van der Waals surface area contributed by atoms with Gasteiger partial charge >= 0.3 is 0 Å². The van der Waals surface area contributed by atoms with E-state index in [9.17, 15) is 0 Å². The summed E-state index contributed by atoms with van der Waals surface area (Å²) in [4.78, 5) is 23.8. The van der Waals surface area contributed by atoms with Crippen LogP contribution in [0.25, 0.3) is 55.1 Å². The number of aromatic nitrogens is 5. The fraction of sp³-hybridized carbons (Fsp3) is 0.257. The largest absolute Gasteiger partial charge is 0.354 e. The van der Waals surface area contributed by atoms with Crippen molar-refractivity contribution in [2.45, 2.75) is 60.8 Å². The predicted molar refractivity (Wildman–Crippen MR) is 168 cm³/mol. The number of aromatic amines is 1. The summed E-state index contributed by atoms with van der Waals surface area (Å²) in [6, 6.07) is 16.9. The Kier molecular flexibility index (Phi) is 6.67. The standard InChI is InChI=1S/C35H35N5/c1-7-25-20(4)28-16-29-26(8-2)21(5)34(39-29)18-36-32-14-23-12-10-11-13-24(23)15-33(32)37-19-35-22(6)27(9-3)31(40-35)17-30(25)38-28/h10-19,40H,7-9H2,1-6H3. The molecule has 4 aromatic rings. The normalized spacial score (nSPS) is 13.3. The summed E-state index contributed by atoms with van der Waals surface area (Å²) in [5.41, 5.74) is 15.0. The molecule has 2 aromatic carbocycles. The Morgan fingerprint density at radius 1 is 0.600 bits per heavy atom. The van der Waals surface area contributed by atoms with Crippen molar-refractivity contribution in [3.63, 3.8) is 0 Å². The highest BCUT2D eigenvalue weighted by Gasteiger charge is 2.19. The summed E-state index contributed by atoms with van der Waals surface area (Å²) >= 11 is 0. The van der Waals surface area contributed by atoms with Crippen molar-refractivity contribution in [2.75, 3.05) is 0 Å². The topological polar surface area (TPSA) is 67.3 Å². The Hall–Kier alpha value is -4.38. The van der Waals surface area contributed by atoms with E-state index in [0.29, 0.717) is 0 Å². The molecule has 0 amide bonds. The van der Waals surface area contributed by atoms with Crippen molar-refractivity contribution >= 4 is 55.1 Å². The van der Waals surface area contributed by atoms with Crippen LogP contribution >= 0.6 is 0 Å². The van der Waals surface area contributed by atoms with Crippen LogP contribution < -0.4 is 0 Å². The summed E-state index contributed by atoms with van der Waals surface area (Å²) in [7, 11) is 0. The van der Waals surface area contributed by atoms with Gasteiger partial charge in [-0.1, -0.05) is 45.0 Å². The average molecular weight is 526 g/mol. The van der Waals surface area contributed by atoms with Gasteiger partial charge in [-0.3, -0.25) is 9.97 Å². The molecule has 40 heavy (non-hydrogen) atoms. The molecule has 5 heteroatoms. The molecule has 200 valence electrons. The molecule has 2 aliphatic heterocycles. The third-order valence-corrected chi connectivity index (χ3v) is 8.34. The van der Waals surface area contributed by atoms with Crippen molar-refractivity contribution in [1.29, 1.82) is 0 Å². The van der Waals surface area contributed by atoms with Gasteiger partial charge in [0.2, 0.25) is 0 Å². The number of benzene rings is 2. The fourth-order valence-corrected chi connectivity index (χ4v) is 5.99. The van der Waals surface area contributed by atoms with Crippen LogP contribution in [-0.2, 0) is 6.42 Å². The average Bonchev–Trinajstić information content (AvgIpc) is 3.54. The zero-order valence-electron chi connectivity index (χ0n) is 24.2. The van der Waals surface area contributed by atoms with E-state index in [0.717, 1.165) is 80.5 Å². The summed E-state index contributed by atoms with van der Waals surface area (Å²) in [5, 5.41) is 2.27. The van der Waals surface area contributed by atoms with E-state index in [1.54, 1.807) is 0 Å². The zero-order valence-corrected chi connectivity index (χ0v) is 24.2. The lowest BCUT2D eigenvalue weighted by Crippen LogP contribution is -1.84. The summed E-state index contributed by atoms with van der Waals surface area (Å²) < 4.78 is 0. The van der Waals surface area contributed by atoms with Gasteiger partial charge in [-0.15, -0.1) is 0 Å². The van der Waals surface area contributed by atoms with E-state index in [-0.39, 0.29) is 0 Å². The monoisotopic (exact) mass is 525 g/mol. The van der Waals surface area contributed by atoms with Crippen molar-refractivity contribution in [3.05, 3.63) is 94.8 Å². The van der Waals surface area contributed by atoms with Gasteiger partial charge in [0.1, 0.15) is 0 Å². The van der Waals surface area contributed by atoms with Crippen LogP contribution in [0.15, 0.2) is 60.9 Å². The summed E-state index contributed by atoms with van der Waals surface area (Å²) in [6.45, 7) is 13.1. The van der Waals surface area contributed by atoms with Crippen molar-refractivity contribution in [1.82, 2.24) is 24.9 Å². The van der Waals surface area contributed by atoms with Crippen molar-refractivity contribution < 1.29 is 0 Å². The van der Waals surface area contributed by atoms with E-state index in [2.05, 4.69) is 95.1 Å². The van der Waals surface area contributed by atoms with Crippen LogP contribution in [0.5, 0.6) is 0 Å². The number of aryl methyl sites for hydroxylation is 2. The summed E-state index contributed by atoms with van der Waals surface area (Å²) in [5.74, 6) is 0. The number of nitrogens with one attached hydrogen (secondary N) is 1. The third kappa shape index (κ3) is 4.36. The third-order valence-electron chi connectivity index (χ3n) is 8.34. The number of H-pyrrole nitrogens is 1. The lowest BCUT2D eigenvalue weighted by Gasteiger charge is -2.01. The Morgan fingerprint density at radius 3 is 1.80 bits per heavy atom. The Labute approximate surface area is 235 Å². The lowest BCUT2D eigenvalue weighted by molar-refractivity contribution is 1.14. The first-order chi connectivity index (χ1) is 19.4. The first-order valence-electron chi connectivity index (χ1n) is 14.3. The van der Waals surface area contributed by atoms with Gasteiger partial charge in [-0.2, -0.15) is 0 Å². The smallest absolute Gasteiger partial charge is 0.0893 e. The minimum atomic E-state index is 0.822. The zero-order chi connectivity index (χ0) is 28.0. The molecule has 2 aliphatic rings. The van der Waals surface area contributed by atoms with Gasteiger partial charge in [0.05, 0.1) is 51.7 Å². The molecule has 1 N–H and O–H groups in total. The highest BCUT2D eigenvalue weighted by molar-refractivity contribution is 5.96. The molecule has 6 rings (SSSR count). The molecule has 0 unspecified atom stereocenters. The van der Waals surface area contributed by atoms with Gasteiger partial charge in [0.15, 0.2) is 0 Å². The minimum Gasteiger partial charge on any atom is -0.354 e. The van der Waals surface area contributed by atoms with E-state index >= 15 is 0 Å². The minimum absolute atomic E-state index is 0.822. The molecule has 6 bridgehead atoms. The number of hydrogen-bond acceptors (Lipinski definition) is 4. The lowest BCUT2D eigenvalue weighted by atomic mass is 10.0. The predicted octanol–water partition coefficient (Wildman–Crippen LogP) is 9.04. The first kappa shape index (κ1) is 25.9. The maximum absolute atomic E-state index is 5.13. The van der Waals surface area contributed by atoms with E-state index < -0.39 is 0 Å². The van der Waals surface area contributed by atoms with E-state index in [4.69, 9.17) is 19.9 Å². The first-order valence-corrected chi connectivity index (χ1v) is 14.3. The highest BCUT2D eigenvalue weighted by Crippen LogP contribution is 2.36. The van der Waals surface area contributed by atoms with Gasteiger partial charge in [-0.25, -0.2) is 9.97 Å². The fourth-order valence-electron chi connectivity index (χ4n) is 5.99. The molecule has 0 saturated carbocycles. The van der Waals surface area contributed by atoms with Crippen LogP contribution in [0.1, 0.15) is 81.4 Å². The van der Waals surface area contributed by atoms with Crippen LogP contribution in [0.2, 0.25) is 0 Å². The second kappa shape index (κ2) is 10.3. The molecule has 2 aromatic heterocycles. The molecule has 0 atom stereocenters. The van der Waals surface area contributed by atoms with Crippen molar-refractivity contribution in [2.24, 2.45) is 0 Å². The van der Waals surface area contributed by atoms with Gasteiger partial charge in [0, 0.05) is 5.52 Å². The SMILES string of the molecule is CCC1=C(C)c2cnc3cc4ccccc4cc3ncc3[nH]c(cc4nc(cc1n2)C(C)=C4CC)c(CC)c3C. The molecule has 0 radical (unpaired) electrons. The second-order valence-electron chi connectivity index (χ2n) is 10.6. The number of rotatable bonds is 3. The molecular formula is C35H35N5.